The first-order valence-corrected chi connectivity index (χ1v) is 10.0. The number of benzene rings is 2. The van der Waals surface area contributed by atoms with Gasteiger partial charge in [0.2, 0.25) is 5.91 Å². The Morgan fingerprint density at radius 1 is 1.21 bits per heavy atom. The van der Waals surface area contributed by atoms with Crippen molar-refractivity contribution in [1.29, 1.82) is 5.26 Å². The first-order chi connectivity index (χ1) is 13.6. The van der Waals surface area contributed by atoms with Gasteiger partial charge in [-0.2, -0.15) is 5.26 Å². The van der Waals surface area contributed by atoms with E-state index in [9.17, 15) is 4.79 Å². The Morgan fingerprint density at radius 2 is 2.00 bits per heavy atom. The lowest BCUT2D eigenvalue weighted by Gasteiger charge is -2.21. The number of aromatic nitrogens is 2. The number of hydrogen-bond acceptors (Lipinski definition) is 4. The minimum Gasteiger partial charge on any atom is -0.311 e. The van der Waals surface area contributed by atoms with Crippen LogP contribution >= 0.6 is 11.8 Å². The van der Waals surface area contributed by atoms with E-state index >= 15 is 0 Å². The van der Waals surface area contributed by atoms with Gasteiger partial charge in [-0.1, -0.05) is 47.7 Å². The van der Waals surface area contributed by atoms with Crippen LogP contribution in [0.2, 0.25) is 0 Å². The third-order valence-corrected chi connectivity index (χ3v) is 5.31. The Balaban J connectivity index is 1.75. The fraction of sp³-hybridized carbons (Fsp3) is 0.227. The number of para-hydroxylation sites is 1. The van der Waals surface area contributed by atoms with E-state index in [1.165, 1.54) is 17.3 Å². The molecule has 142 valence electrons. The summed E-state index contributed by atoms with van der Waals surface area (Å²) in [6, 6.07) is 17.9. The zero-order valence-electron chi connectivity index (χ0n) is 16.0. The van der Waals surface area contributed by atoms with Crippen LogP contribution < -0.4 is 4.90 Å². The summed E-state index contributed by atoms with van der Waals surface area (Å²) >= 11 is 1.40. The van der Waals surface area contributed by atoms with Crippen molar-refractivity contribution < 1.29 is 4.79 Å². The van der Waals surface area contributed by atoms with Gasteiger partial charge in [-0.15, -0.1) is 0 Å². The molecule has 0 saturated heterocycles. The van der Waals surface area contributed by atoms with Crippen LogP contribution in [0.25, 0.3) is 5.69 Å². The smallest absolute Gasteiger partial charge is 0.237 e. The first kappa shape index (κ1) is 19.7. The molecule has 0 fully saturated rings. The van der Waals surface area contributed by atoms with Crippen molar-refractivity contribution in [3.8, 4) is 11.8 Å². The van der Waals surface area contributed by atoms with E-state index in [4.69, 9.17) is 5.26 Å². The van der Waals surface area contributed by atoms with Crippen molar-refractivity contribution in [3.05, 3.63) is 72.1 Å². The van der Waals surface area contributed by atoms with Crippen LogP contribution in [-0.4, -0.2) is 27.8 Å². The number of carbonyl (C=O) groups excluding carboxylic acids is 1. The lowest BCUT2D eigenvalue weighted by Crippen LogP contribution is -2.33. The average molecular weight is 391 g/mol. The van der Waals surface area contributed by atoms with Gasteiger partial charge in [0.1, 0.15) is 0 Å². The molecule has 1 amide bonds. The number of rotatable bonds is 7. The van der Waals surface area contributed by atoms with Gasteiger partial charge in [-0.3, -0.25) is 9.36 Å². The Hall–Kier alpha value is -3.04. The van der Waals surface area contributed by atoms with Crippen LogP contribution in [0.15, 0.2) is 66.1 Å². The van der Waals surface area contributed by atoms with Gasteiger partial charge in [-0.05, 0) is 37.6 Å². The van der Waals surface area contributed by atoms with Crippen molar-refractivity contribution in [2.75, 3.05) is 17.2 Å². The van der Waals surface area contributed by atoms with Crippen LogP contribution in [0, 0.1) is 25.2 Å². The van der Waals surface area contributed by atoms with Gasteiger partial charge >= 0.3 is 0 Å². The molecule has 0 bridgehead atoms. The second-order valence-corrected chi connectivity index (χ2v) is 7.39. The molecule has 0 unspecified atom stereocenters. The van der Waals surface area contributed by atoms with Gasteiger partial charge < -0.3 is 4.90 Å². The SMILES string of the molecule is Cc1ccc(-n2ccnc2SCC(=O)N(CCC#N)c2ccccc2)c(C)c1. The molecule has 1 aromatic heterocycles. The topological polar surface area (TPSA) is 61.9 Å². The second kappa shape index (κ2) is 9.25. The lowest BCUT2D eigenvalue weighted by molar-refractivity contribution is -0.116. The maximum Gasteiger partial charge on any atom is 0.237 e. The number of nitriles is 1. The normalized spacial score (nSPS) is 10.5. The van der Waals surface area contributed by atoms with Crippen molar-refractivity contribution in [3.63, 3.8) is 0 Å². The molecule has 0 saturated carbocycles. The third-order valence-electron chi connectivity index (χ3n) is 4.36. The number of thioether (sulfide) groups is 1. The van der Waals surface area contributed by atoms with E-state index in [0.29, 0.717) is 13.0 Å². The number of hydrogen-bond donors (Lipinski definition) is 0. The number of carbonyl (C=O) groups is 1. The van der Waals surface area contributed by atoms with Gasteiger partial charge in [0.05, 0.1) is 23.9 Å². The highest BCUT2D eigenvalue weighted by molar-refractivity contribution is 7.99. The zero-order valence-corrected chi connectivity index (χ0v) is 16.8. The summed E-state index contributed by atoms with van der Waals surface area (Å²) in [7, 11) is 0. The molecule has 28 heavy (non-hydrogen) atoms. The molecule has 1 heterocycles. The zero-order chi connectivity index (χ0) is 19.9. The molecule has 5 nitrogen and oxygen atoms in total. The van der Waals surface area contributed by atoms with E-state index in [0.717, 1.165) is 22.1 Å². The largest absolute Gasteiger partial charge is 0.311 e. The van der Waals surface area contributed by atoms with Crippen molar-refractivity contribution in [1.82, 2.24) is 9.55 Å². The highest BCUT2D eigenvalue weighted by atomic mass is 32.2. The molecule has 3 rings (SSSR count). The lowest BCUT2D eigenvalue weighted by atomic mass is 10.1. The molecule has 6 heteroatoms. The molecule has 0 N–H and O–H groups in total. The fourth-order valence-corrected chi connectivity index (χ4v) is 3.87. The van der Waals surface area contributed by atoms with Crippen molar-refractivity contribution in [2.45, 2.75) is 25.4 Å². The van der Waals surface area contributed by atoms with Crippen LogP contribution in [0.3, 0.4) is 0 Å². The third kappa shape index (κ3) is 4.62. The standard InChI is InChI=1S/C22H22N4OS/c1-17-9-10-20(18(2)15-17)26-14-12-24-22(26)28-16-21(27)25(13-6-11-23)19-7-4-3-5-8-19/h3-5,7-10,12,14-15H,6,13,16H2,1-2H3. The average Bonchev–Trinajstić information content (AvgIpc) is 3.16. The molecule has 0 spiro atoms. The highest BCUT2D eigenvalue weighted by Gasteiger charge is 2.17. The Labute approximate surface area is 169 Å². The number of amides is 1. The van der Waals surface area contributed by atoms with E-state index < -0.39 is 0 Å². The summed E-state index contributed by atoms with van der Waals surface area (Å²) in [5.41, 5.74) is 4.23. The highest BCUT2D eigenvalue weighted by Crippen LogP contribution is 2.24. The van der Waals surface area contributed by atoms with Crippen LogP contribution in [0.4, 0.5) is 5.69 Å². The first-order valence-electron chi connectivity index (χ1n) is 9.06. The van der Waals surface area contributed by atoms with E-state index in [1.807, 2.05) is 41.1 Å². The van der Waals surface area contributed by atoms with Crippen LogP contribution in [0.5, 0.6) is 0 Å². The quantitative estimate of drug-likeness (QED) is 0.556. The predicted molar refractivity (Wildman–Crippen MR) is 113 cm³/mol. The molecular formula is C22H22N4OS. The number of aryl methyl sites for hydroxylation is 2. The van der Waals surface area contributed by atoms with Crippen LogP contribution in [-0.2, 0) is 4.79 Å². The monoisotopic (exact) mass is 390 g/mol. The molecule has 2 aromatic carbocycles. The van der Waals surface area contributed by atoms with Gasteiger partial charge in [-0.25, -0.2) is 4.98 Å². The van der Waals surface area contributed by atoms with E-state index in [2.05, 4.69) is 43.1 Å². The molecular weight excluding hydrogens is 368 g/mol. The molecule has 0 radical (unpaired) electrons. The van der Waals surface area contributed by atoms with Crippen molar-refractivity contribution >= 4 is 23.4 Å². The number of imidazole rings is 1. The maximum absolute atomic E-state index is 12.9. The second-order valence-electron chi connectivity index (χ2n) is 6.45. The van der Waals surface area contributed by atoms with Gasteiger partial charge in [0.25, 0.3) is 0 Å². The van der Waals surface area contributed by atoms with Gasteiger partial charge in [0, 0.05) is 24.6 Å². The fourth-order valence-electron chi connectivity index (χ4n) is 3.03. The van der Waals surface area contributed by atoms with Crippen LogP contribution in [0.1, 0.15) is 17.5 Å². The summed E-state index contributed by atoms with van der Waals surface area (Å²) in [4.78, 5) is 19.0. The molecule has 0 aliphatic heterocycles. The minimum atomic E-state index is -0.0402. The summed E-state index contributed by atoms with van der Waals surface area (Å²) < 4.78 is 2.01. The number of nitrogens with zero attached hydrogens (tertiary/aromatic N) is 4. The molecule has 3 aromatic rings. The van der Waals surface area contributed by atoms with E-state index in [-0.39, 0.29) is 11.7 Å². The maximum atomic E-state index is 12.9. The summed E-state index contributed by atoms with van der Waals surface area (Å²) in [6.45, 7) is 4.52. The predicted octanol–water partition coefficient (Wildman–Crippen LogP) is 4.53. The molecule has 0 atom stereocenters. The summed E-state index contributed by atoms with van der Waals surface area (Å²) in [5, 5.41) is 9.70. The summed E-state index contributed by atoms with van der Waals surface area (Å²) in [6.07, 6.45) is 3.95. The molecule has 0 aliphatic carbocycles. The Bertz CT molecular complexity index is 991. The van der Waals surface area contributed by atoms with E-state index in [1.54, 1.807) is 11.1 Å². The van der Waals surface area contributed by atoms with Gasteiger partial charge in [0.15, 0.2) is 5.16 Å². The summed E-state index contributed by atoms with van der Waals surface area (Å²) in [5.74, 6) is 0.212. The van der Waals surface area contributed by atoms with Crippen molar-refractivity contribution in [2.24, 2.45) is 0 Å². The molecule has 0 aliphatic rings. The Kier molecular flexibility index (Phi) is 6.51. The Morgan fingerprint density at radius 3 is 2.71 bits per heavy atom. The number of anilines is 1. The minimum absolute atomic E-state index is 0.0402.